The number of aldehydes is 1. The van der Waals surface area contributed by atoms with Gasteiger partial charge in [-0.25, -0.2) is 0 Å². The molecule has 0 spiro atoms. The molecule has 0 aliphatic carbocycles. The lowest BCUT2D eigenvalue weighted by Gasteiger charge is -2.24. The van der Waals surface area contributed by atoms with Crippen LogP contribution in [0.1, 0.15) is 43.0 Å². The van der Waals surface area contributed by atoms with E-state index in [-0.39, 0.29) is 5.91 Å². The maximum absolute atomic E-state index is 15.1. The second-order valence-corrected chi connectivity index (χ2v) is 14.1. The number of aryl methyl sites for hydroxylation is 4. The van der Waals surface area contributed by atoms with Crippen molar-refractivity contribution >= 4 is 39.7 Å². The molecule has 0 aliphatic rings. The third-order valence-electron chi connectivity index (χ3n) is 10.2. The Balaban J connectivity index is 1.48. The van der Waals surface area contributed by atoms with Gasteiger partial charge in [-0.2, -0.15) is 0 Å². The van der Waals surface area contributed by atoms with Gasteiger partial charge >= 0.3 is 0 Å². The quantitative estimate of drug-likeness (QED) is 0.156. The Bertz CT molecular complexity index is 2570. The number of hydrogen-bond donors (Lipinski definition) is 0. The fraction of sp³-hybridized carbons (Fsp3) is 0.102. The number of anilines is 1. The Labute approximate surface area is 310 Å². The van der Waals surface area contributed by atoms with Gasteiger partial charge < -0.3 is 9.47 Å². The van der Waals surface area contributed by atoms with Crippen LogP contribution >= 0.6 is 0 Å². The molecule has 0 N–H and O–H groups in total. The summed E-state index contributed by atoms with van der Waals surface area (Å²) in [7, 11) is 1.79. The van der Waals surface area contributed by atoms with E-state index < -0.39 is 0 Å². The average molecular weight is 689 g/mol. The summed E-state index contributed by atoms with van der Waals surface area (Å²) >= 11 is 0. The van der Waals surface area contributed by atoms with Crippen molar-refractivity contribution in [2.75, 3.05) is 11.9 Å². The summed E-state index contributed by atoms with van der Waals surface area (Å²) in [4.78, 5) is 29.8. The second-order valence-electron chi connectivity index (χ2n) is 14.1. The molecule has 4 nitrogen and oxygen atoms in total. The molecule has 4 heteroatoms. The zero-order valence-corrected chi connectivity index (χ0v) is 30.6. The minimum absolute atomic E-state index is 0.270. The average Bonchev–Trinajstić information content (AvgIpc) is 3.51. The van der Waals surface area contributed by atoms with Crippen LogP contribution < -0.4 is 4.90 Å². The van der Waals surface area contributed by atoms with Gasteiger partial charge in [0.05, 0.1) is 28.0 Å². The predicted octanol–water partition coefficient (Wildman–Crippen LogP) is 12.1. The summed E-state index contributed by atoms with van der Waals surface area (Å²) in [5.74, 6) is -0.270. The van der Waals surface area contributed by atoms with Gasteiger partial charge in [-0.1, -0.05) is 156 Å². The highest BCUT2D eigenvalue weighted by molar-refractivity contribution is 6.19. The highest BCUT2D eigenvalue weighted by atomic mass is 16.2. The van der Waals surface area contributed by atoms with Crippen LogP contribution in [-0.4, -0.2) is 23.8 Å². The summed E-state index contributed by atoms with van der Waals surface area (Å²) in [5.41, 5.74) is 15.0. The van der Waals surface area contributed by atoms with Crippen molar-refractivity contribution in [3.8, 4) is 39.1 Å². The molecular weight excluding hydrogens is 649 g/mol. The van der Waals surface area contributed by atoms with Gasteiger partial charge in [0.2, 0.25) is 0 Å². The predicted molar refractivity (Wildman–Crippen MR) is 221 cm³/mol. The van der Waals surface area contributed by atoms with Crippen LogP contribution in [-0.2, 0) is 0 Å². The summed E-state index contributed by atoms with van der Waals surface area (Å²) in [5, 5.41) is 2.14. The van der Waals surface area contributed by atoms with Gasteiger partial charge in [0, 0.05) is 40.1 Å². The third-order valence-corrected chi connectivity index (χ3v) is 10.2. The topological polar surface area (TPSA) is 42.3 Å². The maximum atomic E-state index is 15.1. The van der Waals surface area contributed by atoms with E-state index in [2.05, 4.69) is 105 Å². The normalized spacial score (nSPS) is 11.3. The van der Waals surface area contributed by atoms with Crippen LogP contribution in [0.5, 0.6) is 0 Å². The number of carbonyl (C=O) groups is 2. The Morgan fingerprint density at radius 2 is 1.02 bits per heavy atom. The van der Waals surface area contributed by atoms with Gasteiger partial charge in [0.25, 0.3) is 5.91 Å². The van der Waals surface area contributed by atoms with Gasteiger partial charge in [0.15, 0.2) is 6.29 Å². The molecule has 0 atom stereocenters. The fourth-order valence-electron chi connectivity index (χ4n) is 8.06. The molecule has 0 fully saturated rings. The number of carbonyl (C=O) groups excluding carboxylic acids is 2. The molecule has 7 aromatic carbocycles. The van der Waals surface area contributed by atoms with Crippen LogP contribution in [0.3, 0.4) is 0 Å². The molecule has 1 aromatic heterocycles. The smallest absolute Gasteiger partial charge is 0.260 e. The molecule has 0 radical (unpaired) electrons. The Hall–Kier alpha value is -6.52. The monoisotopic (exact) mass is 688 g/mol. The minimum Gasteiger partial charge on any atom is -0.311 e. The maximum Gasteiger partial charge on any atom is 0.260 e. The third kappa shape index (κ3) is 5.92. The van der Waals surface area contributed by atoms with Crippen LogP contribution in [0.25, 0.3) is 60.9 Å². The number of aromatic nitrogens is 1. The summed E-state index contributed by atoms with van der Waals surface area (Å²) in [6, 6.07) is 49.7. The number of amides is 1. The van der Waals surface area contributed by atoms with Gasteiger partial charge in [-0.15, -0.1) is 0 Å². The van der Waals surface area contributed by atoms with E-state index in [1.165, 1.54) is 22.3 Å². The number of benzene rings is 7. The Kier molecular flexibility index (Phi) is 8.60. The van der Waals surface area contributed by atoms with E-state index in [9.17, 15) is 4.79 Å². The highest BCUT2D eigenvalue weighted by Crippen LogP contribution is 2.43. The first-order valence-corrected chi connectivity index (χ1v) is 18.0. The van der Waals surface area contributed by atoms with Crippen molar-refractivity contribution in [3.63, 3.8) is 0 Å². The number of fused-ring (bicyclic) bond motifs is 3. The van der Waals surface area contributed by atoms with E-state index in [0.29, 0.717) is 16.8 Å². The minimum atomic E-state index is -0.270. The SMILES string of the molecule is Cc1cc(C)cc(-c2cccc3c4cccc(-c5cc(C)cc(C)c5)c4n(-c4cccc(C=O)c4C(=O)N(C)c4ccccc4-c4ccccc4)c23)c1. The Morgan fingerprint density at radius 3 is 1.57 bits per heavy atom. The van der Waals surface area contributed by atoms with Gasteiger partial charge in [0.1, 0.15) is 0 Å². The largest absolute Gasteiger partial charge is 0.311 e. The van der Waals surface area contributed by atoms with E-state index in [1.807, 2.05) is 66.7 Å². The van der Waals surface area contributed by atoms with Gasteiger partial charge in [-0.3, -0.25) is 9.59 Å². The lowest BCUT2D eigenvalue weighted by Crippen LogP contribution is -2.29. The zero-order chi connectivity index (χ0) is 36.8. The van der Waals surface area contributed by atoms with E-state index >= 15 is 4.79 Å². The van der Waals surface area contributed by atoms with Crippen molar-refractivity contribution in [3.05, 3.63) is 179 Å². The molecule has 1 amide bonds. The van der Waals surface area contributed by atoms with Crippen LogP contribution in [0.2, 0.25) is 0 Å². The first-order valence-electron chi connectivity index (χ1n) is 18.0. The summed E-state index contributed by atoms with van der Waals surface area (Å²) in [6.45, 7) is 8.49. The highest BCUT2D eigenvalue weighted by Gasteiger charge is 2.27. The molecule has 8 rings (SSSR count). The first kappa shape index (κ1) is 33.6. The van der Waals surface area contributed by atoms with Crippen molar-refractivity contribution in [1.82, 2.24) is 4.57 Å². The van der Waals surface area contributed by atoms with Crippen LogP contribution in [0.4, 0.5) is 5.69 Å². The molecule has 0 bridgehead atoms. The molecule has 258 valence electrons. The van der Waals surface area contributed by atoms with Crippen molar-refractivity contribution in [2.45, 2.75) is 27.7 Å². The lowest BCUT2D eigenvalue weighted by atomic mass is 9.97. The summed E-state index contributed by atoms with van der Waals surface area (Å²) in [6.07, 6.45) is 0.803. The van der Waals surface area contributed by atoms with Crippen molar-refractivity contribution in [2.24, 2.45) is 0 Å². The summed E-state index contributed by atoms with van der Waals surface area (Å²) < 4.78 is 2.24. The molecule has 53 heavy (non-hydrogen) atoms. The van der Waals surface area contributed by atoms with E-state index in [0.717, 1.165) is 67.2 Å². The number of nitrogens with zero attached hydrogens (tertiary/aromatic N) is 2. The molecule has 0 unspecified atom stereocenters. The second kappa shape index (κ2) is 13.6. The standard InChI is InChI=1S/C49H40N2O2/c1-31-24-32(2)27-37(26-31)40-18-12-20-42-43-21-13-19-41(38-28-33(3)25-34(4)29-38)48(43)51(47(40)42)45-23-11-16-36(30-52)46(45)49(53)50(5)44-22-10-9-17-39(44)35-14-7-6-8-15-35/h6-30H,1-5H3. The lowest BCUT2D eigenvalue weighted by molar-refractivity contribution is 0.0986. The Morgan fingerprint density at radius 1 is 0.528 bits per heavy atom. The molecule has 0 aliphatic heterocycles. The number of hydrogen-bond acceptors (Lipinski definition) is 2. The number of para-hydroxylation sites is 3. The molecule has 0 saturated carbocycles. The zero-order valence-electron chi connectivity index (χ0n) is 30.6. The van der Waals surface area contributed by atoms with E-state index in [1.54, 1.807) is 18.0 Å². The fourth-order valence-corrected chi connectivity index (χ4v) is 8.06. The molecule has 0 saturated heterocycles. The molecule has 8 aromatic rings. The molecule has 1 heterocycles. The van der Waals surface area contributed by atoms with E-state index in [4.69, 9.17) is 0 Å². The van der Waals surface area contributed by atoms with Crippen LogP contribution in [0, 0.1) is 27.7 Å². The van der Waals surface area contributed by atoms with Gasteiger partial charge in [-0.05, 0) is 56.5 Å². The van der Waals surface area contributed by atoms with Crippen molar-refractivity contribution < 1.29 is 9.59 Å². The molecular formula is C49H40N2O2. The van der Waals surface area contributed by atoms with Crippen molar-refractivity contribution in [1.29, 1.82) is 0 Å². The number of rotatable bonds is 7. The first-order chi connectivity index (χ1) is 25.7. The van der Waals surface area contributed by atoms with Crippen LogP contribution in [0.15, 0.2) is 146 Å².